The molecular formula is C10H15IN2. The Bertz CT molecular complexity index is 246. The summed E-state index contributed by atoms with van der Waals surface area (Å²) in [5.41, 5.74) is 0. The van der Waals surface area contributed by atoms with Crippen molar-refractivity contribution in [1.82, 2.24) is 4.98 Å². The van der Waals surface area contributed by atoms with E-state index in [9.17, 15) is 0 Å². The van der Waals surface area contributed by atoms with Crippen LogP contribution in [0, 0.1) is 3.57 Å². The molecule has 1 unspecified atom stereocenters. The molecule has 1 rings (SSSR count). The van der Waals surface area contributed by atoms with Gasteiger partial charge in [-0.3, -0.25) is 0 Å². The first kappa shape index (κ1) is 10.8. The molecule has 0 saturated carbocycles. The first-order chi connectivity index (χ1) is 6.22. The fourth-order valence-electron chi connectivity index (χ4n) is 1.22. The van der Waals surface area contributed by atoms with Gasteiger partial charge < -0.3 is 5.32 Å². The van der Waals surface area contributed by atoms with E-state index in [-0.39, 0.29) is 0 Å². The largest absolute Gasteiger partial charge is 0.368 e. The lowest BCUT2D eigenvalue weighted by molar-refractivity contribution is 0.687. The van der Waals surface area contributed by atoms with Crippen molar-refractivity contribution in [2.24, 2.45) is 0 Å². The van der Waals surface area contributed by atoms with Crippen LogP contribution in [0.3, 0.4) is 0 Å². The molecule has 0 amide bonds. The molecule has 0 fully saturated rings. The van der Waals surface area contributed by atoms with Crippen LogP contribution in [0.5, 0.6) is 0 Å². The minimum Gasteiger partial charge on any atom is -0.368 e. The zero-order valence-corrected chi connectivity index (χ0v) is 10.2. The van der Waals surface area contributed by atoms with Crippen LogP contribution in [0.15, 0.2) is 18.3 Å². The third kappa shape index (κ3) is 3.93. The summed E-state index contributed by atoms with van der Waals surface area (Å²) in [7, 11) is 0. The van der Waals surface area contributed by atoms with Gasteiger partial charge in [0.05, 0.1) is 0 Å². The summed E-state index contributed by atoms with van der Waals surface area (Å²) in [4.78, 5) is 4.28. The average Bonchev–Trinajstić information content (AvgIpc) is 2.09. The normalized spacial score (nSPS) is 12.5. The van der Waals surface area contributed by atoms with Crippen LogP contribution in [0.2, 0.25) is 0 Å². The zero-order valence-electron chi connectivity index (χ0n) is 8.05. The molecule has 0 aliphatic heterocycles. The first-order valence-electron chi connectivity index (χ1n) is 4.60. The third-order valence-electron chi connectivity index (χ3n) is 1.84. The summed E-state index contributed by atoms with van der Waals surface area (Å²) in [5, 5.41) is 3.36. The topological polar surface area (TPSA) is 24.9 Å². The molecular weight excluding hydrogens is 275 g/mol. The Morgan fingerprint density at radius 2 is 2.31 bits per heavy atom. The van der Waals surface area contributed by atoms with Gasteiger partial charge in [0.2, 0.25) is 0 Å². The molecule has 0 aliphatic carbocycles. The number of aromatic nitrogens is 1. The summed E-state index contributed by atoms with van der Waals surface area (Å²) in [5.74, 6) is 0.973. The van der Waals surface area contributed by atoms with E-state index in [4.69, 9.17) is 0 Å². The maximum Gasteiger partial charge on any atom is 0.126 e. The summed E-state index contributed by atoms with van der Waals surface area (Å²) in [6, 6.07) is 4.60. The quantitative estimate of drug-likeness (QED) is 0.861. The predicted molar refractivity (Wildman–Crippen MR) is 64.9 cm³/mol. The van der Waals surface area contributed by atoms with Gasteiger partial charge in [0, 0.05) is 15.8 Å². The summed E-state index contributed by atoms with van der Waals surface area (Å²) >= 11 is 2.26. The van der Waals surface area contributed by atoms with E-state index in [0.29, 0.717) is 6.04 Å². The van der Waals surface area contributed by atoms with Gasteiger partial charge in [0.1, 0.15) is 5.82 Å². The van der Waals surface area contributed by atoms with Gasteiger partial charge in [-0.1, -0.05) is 13.3 Å². The molecule has 0 spiro atoms. The van der Waals surface area contributed by atoms with Crippen molar-refractivity contribution in [2.45, 2.75) is 32.7 Å². The molecule has 3 heteroatoms. The second-order valence-corrected chi connectivity index (χ2v) is 4.44. The number of nitrogens with one attached hydrogen (secondary N) is 1. The Hall–Kier alpha value is -0.320. The van der Waals surface area contributed by atoms with Crippen LogP contribution >= 0.6 is 22.6 Å². The van der Waals surface area contributed by atoms with Crippen molar-refractivity contribution < 1.29 is 0 Å². The Morgan fingerprint density at radius 1 is 1.54 bits per heavy atom. The van der Waals surface area contributed by atoms with Crippen molar-refractivity contribution in [2.75, 3.05) is 5.32 Å². The van der Waals surface area contributed by atoms with Crippen LogP contribution in [0.25, 0.3) is 0 Å². The molecule has 2 nitrogen and oxygen atoms in total. The van der Waals surface area contributed by atoms with Crippen molar-refractivity contribution in [3.8, 4) is 0 Å². The van der Waals surface area contributed by atoms with Gasteiger partial charge in [-0.25, -0.2) is 4.98 Å². The molecule has 1 atom stereocenters. The van der Waals surface area contributed by atoms with Gasteiger partial charge in [0.15, 0.2) is 0 Å². The van der Waals surface area contributed by atoms with E-state index in [0.717, 1.165) is 5.82 Å². The first-order valence-corrected chi connectivity index (χ1v) is 5.68. The molecule has 1 aromatic rings. The highest BCUT2D eigenvalue weighted by Gasteiger charge is 2.00. The Morgan fingerprint density at radius 3 is 2.85 bits per heavy atom. The number of nitrogens with zero attached hydrogens (tertiary/aromatic N) is 1. The van der Waals surface area contributed by atoms with Gasteiger partial charge in [-0.05, 0) is 48.1 Å². The van der Waals surface area contributed by atoms with Crippen LogP contribution in [-0.4, -0.2) is 11.0 Å². The molecule has 0 radical (unpaired) electrons. The Kier molecular flexibility index (Phi) is 4.48. The molecule has 0 aliphatic rings. The highest BCUT2D eigenvalue weighted by Crippen LogP contribution is 2.09. The molecule has 0 saturated heterocycles. The van der Waals surface area contributed by atoms with E-state index in [1.165, 1.54) is 16.4 Å². The van der Waals surface area contributed by atoms with Gasteiger partial charge in [-0.15, -0.1) is 0 Å². The van der Waals surface area contributed by atoms with Crippen LogP contribution in [0.1, 0.15) is 26.7 Å². The standard InChI is InChI=1S/C10H15IN2/c1-3-4-8(2)13-10-6-5-9(11)7-12-10/h5-8H,3-4H2,1-2H3,(H,12,13). The van der Waals surface area contributed by atoms with E-state index in [1.807, 2.05) is 12.3 Å². The lowest BCUT2D eigenvalue weighted by Gasteiger charge is -2.12. The van der Waals surface area contributed by atoms with Gasteiger partial charge in [0.25, 0.3) is 0 Å². The Balaban J connectivity index is 2.49. The smallest absolute Gasteiger partial charge is 0.126 e. The van der Waals surface area contributed by atoms with E-state index < -0.39 is 0 Å². The number of pyridine rings is 1. The highest BCUT2D eigenvalue weighted by atomic mass is 127. The Labute approximate surface area is 93.3 Å². The summed E-state index contributed by atoms with van der Waals surface area (Å²) in [6.45, 7) is 4.38. The SMILES string of the molecule is CCCC(C)Nc1ccc(I)cn1. The van der Waals surface area contributed by atoms with Gasteiger partial charge in [-0.2, -0.15) is 0 Å². The van der Waals surface area contributed by atoms with Crippen molar-refractivity contribution in [3.63, 3.8) is 0 Å². The number of rotatable bonds is 4. The molecule has 13 heavy (non-hydrogen) atoms. The predicted octanol–water partition coefficient (Wildman–Crippen LogP) is 3.29. The maximum absolute atomic E-state index is 4.28. The van der Waals surface area contributed by atoms with Crippen LogP contribution in [-0.2, 0) is 0 Å². The van der Waals surface area contributed by atoms with Crippen molar-refractivity contribution in [1.29, 1.82) is 0 Å². The maximum atomic E-state index is 4.28. The number of hydrogen-bond donors (Lipinski definition) is 1. The molecule has 1 aromatic heterocycles. The minimum absolute atomic E-state index is 0.512. The number of hydrogen-bond acceptors (Lipinski definition) is 2. The molecule has 72 valence electrons. The fourth-order valence-corrected chi connectivity index (χ4v) is 1.54. The van der Waals surface area contributed by atoms with E-state index in [1.54, 1.807) is 0 Å². The minimum atomic E-state index is 0.512. The van der Waals surface area contributed by atoms with E-state index >= 15 is 0 Å². The number of halogens is 1. The third-order valence-corrected chi connectivity index (χ3v) is 2.48. The lowest BCUT2D eigenvalue weighted by Crippen LogP contribution is -2.15. The highest BCUT2D eigenvalue weighted by molar-refractivity contribution is 14.1. The lowest BCUT2D eigenvalue weighted by atomic mass is 10.2. The second-order valence-electron chi connectivity index (χ2n) is 3.20. The molecule has 1 N–H and O–H groups in total. The second kappa shape index (κ2) is 5.42. The van der Waals surface area contributed by atoms with Crippen molar-refractivity contribution in [3.05, 3.63) is 21.9 Å². The summed E-state index contributed by atoms with van der Waals surface area (Å²) in [6.07, 6.45) is 4.27. The van der Waals surface area contributed by atoms with Crippen LogP contribution < -0.4 is 5.32 Å². The average molecular weight is 290 g/mol. The monoisotopic (exact) mass is 290 g/mol. The fraction of sp³-hybridized carbons (Fsp3) is 0.500. The van der Waals surface area contributed by atoms with Crippen LogP contribution in [0.4, 0.5) is 5.82 Å². The number of anilines is 1. The van der Waals surface area contributed by atoms with E-state index in [2.05, 4.69) is 52.8 Å². The molecule has 1 heterocycles. The molecule has 0 aromatic carbocycles. The molecule has 0 bridgehead atoms. The summed E-state index contributed by atoms with van der Waals surface area (Å²) < 4.78 is 1.17. The zero-order chi connectivity index (χ0) is 9.68. The van der Waals surface area contributed by atoms with Crippen molar-refractivity contribution >= 4 is 28.4 Å². The van der Waals surface area contributed by atoms with Gasteiger partial charge >= 0.3 is 0 Å².